The first-order valence-electron chi connectivity index (χ1n) is 9.05. The van der Waals surface area contributed by atoms with Gasteiger partial charge < -0.3 is 9.47 Å². The molecule has 0 atom stereocenters. The number of nitrogens with zero attached hydrogens (tertiary/aromatic N) is 2. The lowest BCUT2D eigenvalue weighted by molar-refractivity contribution is 0.0950. The molecule has 1 heterocycles. The maximum atomic E-state index is 12.3. The molecule has 2 aromatic carbocycles. The maximum Gasteiger partial charge on any atom is 0.289 e. The Morgan fingerprint density at radius 3 is 2.61 bits per heavy atom. The second kappa shape index (κ2) is 9.36. The molecule has 7 nitrogen and oxygen atoms in total. The minimum Gasteiger partial charge on any atom is -0.494 e. The second-order valence-corrected chi connectivity index (χ2v) is 5.80. The Labute approximate surface area is 163 Å². The molecule has 3 aromatic rings. The highest BCUT2D eigenvalue weighted by Gasteiger charge is 2.13. The van der Waals surface area contributed by atoms with Crippen LogP contribution in [-0.4, -0.2) is 35.5 Å². The fourth-order valence-corrected chi connectivity index (χ4v) is 2.58. The number of carbonyl (C=O) groups excluding carboxylic acids is 1. The molecule has 28 heavy (non-hydrogen) atoms. The number of hydrogen-bond donors (Lipinski definition) is 2. The van der Waals surface area contributed by atoms with Crippen molar-refractivity contribution in [2.24, 2.45) is 5.10 Å². The zero-order valence-electron chi connectivity index (χ0n) is 15.8. The summed E-state index contributed by atoms with van der Waals surface area (Å²) in [6, 6.07) is 16.6. The zero-order valence-corrected chi connectivity index (χ0v) is 15.8. The molecule has 0 spiro atoms. The van der Waals surface area contributed by atoms with Gasteiger partial charge in [-0.15, -0.1) is 0 Å². The molecule has 0 aliphatic rings. The van der Waals surface area contributed by atoms with Crippen LogP contribution in [0.5, 0.6) is 11.5 Å². The van der Waals surface area contributed by atoms with E-state index in [4.69, 9.17) is 9.47 Å². The van der Waals surface area contributed by atoms with Crippen LogP contribution in [0.3, 0.4) is 0 Å². The Kier molecular flexibility index (Phi) is 6.41. The number of carbonyl (C=O) groups is 1. The van der Waals surface area contributed by atoms with Crippen molar-refractivity contribution >= 4 is 12.1 Å². The van der Waals surface area contributed by atoms with E-state index in [-0.39, 0.29) is 5.91 Å². The first-order chi connectivity index (χ1) is 13.7. The van der Waals surface area contributed by atoms with E-state index in [1.54, 1.807) is 12.3 Å². The van der Waals surface area contributed by atoms with Gasteiger partial charge in [0.05, 0.1) is 25.1 Å². The van der Waals surface area contributed by atoms with Crippen LogP contribution in [0.15, 0.2) is 59.7 Å². The third-order valence-electron chi connectivity index (χ3n) is 3.86. The molecular weight excluding hydrogens is 356 g/mol. The molecule has 3 rings (SSSR count). The summed E-state index contributed by atoms with van der Waals surface area (Å²) in [5.74, 6) is 1.13. The van der Waals surface area contributed by atoms with E-state index < -0.39 is 0 Å². The second-order valence-electron chi connectivity index (χ2n) is 5.80. The van der Waals surface area contributed by atoms with Crippen LogP contribution >= 0.6 is 0 Å². The number of para-hydroxylation sites is 1. The third-order valence-corrected chi connectivity index (χ3v) is 3.86. The number of ether oxygens (including phenoxy) is 2. The summed E-state index contributed by atoms with van der Waals surface area (Å²) in [6.07, 6.45) is 1.56. The number of rotatable bonds is 8. The van der Waals surface area contributed by atoms with Gasteiger partial charge in [0.25, 0.3) is 5.91 Å². The van der Waals surface area contributed by atoms with Gasteiger partial charge in [0.2, 0.25) is 0 Å². The van der Waals surface area contributed by atoms with Crippen molar-refractivity contribution in [3.63, 3.8) is 0 Å². The van der Waals surface area contributed by atoms with Crippen molar-refractivity contribution in [3.8, 4) is 22.8 Å². The van der Waals surface area contributed by atoms with Crippen molar-refractivity contribution in [1.82, 2.24) is 15.6 Å². The van der Waals surface area contributed by atoms with Crippen LogP contribution in [-0.2, 0) is 0 Å². The van der Waals surface area contributed by atoms with E-state index in [2.05, 4.69) is 20.7 Å². The molecule has 0 aliphatic carbocycles. The fraction of sp³-hybridized carbons (Fsp3) is 0.190. The van der Waals surface area contributed by atoms with Gasteiger partial charge in [-0.3, -0.25) is 9.89 Å². The Balaban J connectivity index is 1.64. The Morgan fingerprint density at radius 2 is 1.86 bits per heavy atom. The van der Waals surface area contributed by atoms with Gasteiger partial charge in [0, 0.05) is 5.56 Å². The molecule has 2 N–H and O–H groups in total. The molecule has 0 saturated carbocycles. The first-order valence-corrected chi connectivity index (χ1v) is 9.05. The number of hydrazone groups is 1. The molecule has 144 valence electrons. The van der Waals surface area contributed by atoms with E-state index in [1.165, 1.54) is 0 Å². The fourth-order valence-electron chi connectivity index (χ4n) is 2.58. The largest absolute Gasteiger partial charge is 0.494 e. The van der Waals surface area contributed by atoms with Gasteiger partial charge in [-0.05, 0) is 61.9 Å². The number of aromatic nitrogens is 2. The molecule has 1 amide bonds. The Hall–Kier alpha value is -3.61. The molecule has 0 bridgehead atoms. The molecule has 7 heteroatoms. The molecule has 0 fully saturated rings. The Bertz CT molecular complexity index is 948. The lowest BCUT2D eigenvalue weighted by Crippen LogP contribution is -2.17. The van der Waals surface area contributed by atoms with Crippen molar-refractivity contribution in [1.29, 1.82) is 0 Å². The summed E-state index contributed by atoms with van der Waals surface area (Å²) >= 11 is 0. The number of nitrogens with one attached hydrogen (secondary N) is 2. The highest BCUT2D eigenvalue weighted by atomic mass is 16.5. The minimum atomic E-state index is -0.380. The van der Waals surface area contributed by atoms with E-state index in [1.807, 2.05) is 62.4 Å². The third kappa shape index (κ3) is 4.76. The van der Waals surface area contributed by atoms with E-state index in [0.717, 1.165) is 22.6 Å². The molecule has 0 unspecified atom stereocenters. The summed E-state index contributed by atoms with van der Waals surface area (Å²) in [5.41, 5.74) is 5.09. The standard InChI is InChI=1S/C21H22N4O3/c1-3-27-16-11-9-15(10-12-16)14-22-25-21(26)19-13-18(23-24-19)17-7-5-6-8-20(17)28-4-2/h5-14H,3-4H2,1-2H3,(H,23,24)(H,25,26)/b22-14-. The Morgan fingerprint density at radius 1 is 1.11 bits per heavy atom. The predicted molar refractivity (Wildman–Crippen MR) is 108 cm³/mol. The summed E-state index contributed by atoms with van der Waals surface area (Å²) in [4.78, 5) is 12.3. The van der Waals surface area contributed by atoms with Crippen molar-refractivity contribution in [2.75, 3.05) is 13.2 Å². The highest BCUT2D eigenvalue weighted by molar-refractivity contribution is 5.94. The van der Waals surface area contributed by atoms with Crippen molar-refractivity contribution in [2.45, 2.75) is 13.8 Å². The first kappa shape index (κ1) is 19.2. The van der Waals surface area contributed by atoms with Crippen LogP contribution in [0, 0.1) is 0 Å². The molecule has 1 aromatic heterocycles. The number of hydrogen-bond acceptors (Lipinski definition) is 5. The number of benzene rings is 2. The molecule has 0 aliphatic heterocycles. The topological polar surface area (TPSA) is 88.6 Å². The predicted octanol–water partition coefficient (Wildman–Crippen LogP) is 3.64. The monoisotopic (exact) mass is 378 g/mol. The number of H-pyrrole nitrogens is 1. The molecule has 0 saturated heterocycles. The van der Waals surface area contributed by atoms with Gasteiger partial charge in [-0.2, -0.15) is 10.2 Å². The maximum absolute atomic E-state index is 12.3. The summed E-state index contributed by atoms with van der Waals surface area (Å²) < 4.78 is 11.0. The van der Waals surface area contributed by atoms with Gasteiger partial charge in [0.15, 0.2) is 0 Å². The SMILES string of the molecule is CCOc1ccc(/C=N\NC(=O)c2cc(-c3ccccc3OCC)n[nH]2)cc1. The van der Waals surface area contributed by atoms with Crippen LogP contribution in [0.25, 0.3) is 11.3 Å². The average molecular weight is 378 g/mol. The summed E-state index contributed by atoms with van der Waals surface area (Å²) in [7, 11) is 0. The highest BCUT2D eigenvalue weighted by Crippen LogP contribution is 2.28. The van der Waals surface area contributed by atoms with E-state index >= 15 is 0 Å². The van der Waals surface area contributed by atoms with Crippen LogP contribution in [0.4, 0.5) is 0 Å². The quantitative estimate of drug-likeness (QED) is 0.463. The number of aromatic amines is 1. The van der Waals surface area contributed by atoms with E-state index in [0.29, 0.717) is 24.6 Å². The van der Waals surface area contributed by atoms with Gasteiger partial charge >= 0.3 is 0 Å². The minimum absolute atomic E-state index is 0.310. The number of amides is 1. The lowest BCUT2D eigenvalue weighted by atomic mass is 10.1. The zero-order chi connectivity index (χ0) is 19.8. The van der Waals surface area contributed by atoms with Gasteiger partial charge in [-0.1, -0.05) is 12.1 Å². The molecular formula is C21H22N4O3. The van der Waals surface area contributed by atoms with Gasteiger partial charge in [-0.25, -0.2) is 5.43 Å². The van der Waals surface area contributed by atoms with Crippen LogP contribution < -0.4 is 14.9 Å². The van der Waals surface area contributed by atoms with Gasteiger partial charge in [0.1, 0.15) is 17.2 Å². The van der Waals surface area contributed by atoms with E-state index in [9.17, 15) is 4.79 Å². The van der Waals surface area contributed by atoms with Crippen molar-refractivity contribution < 1.29 is 14.3 Å². The normalized spacial score (nSPS) is 10.8. The summed E-state index contributed by atoms with van der Waals surface area (Å²) in [6.45, 7) is 5.02. The summed E-state index contributed by atoms with van der Waals surface area (Å²) in [5, 5.41) is 10.9. The lowest BCUT2D eigenvalue weighted by Gasteiger charge is -2.07. The smallest absolute Gasteiger partial charge is 0.289 e. The van der Waals surface area contributed by atoms with Crippen molar-refractivity contribution in [3.05, 3.63) is 65.9 Å². The molecule has 0 radical (unpaired) electrons. The average Bonchev–Trinajstić information content (AvgIpc) is 3.20. The van der Waals surface area contributed by atoms with Crippen LogP contribution in [0.1, 0.15) is 29.9 Å². The van der Waals surface area contributed by atoms with Crippen LogP contribution in [0.2, 0.25) is 0 Å².